The van der Waals surface area contributed by atoms with Crippen LogP contribution in [-0.2, 0) is 0 Å². The third kappa shape index (κ3) is 15.6. The summed E-state index contributed by atoms with van der Waals surface area (Å²) in [6, 6.07) is 0. The lowest BCUT2D eigenvalue weighted by Crippen LogP contribution is -1.60. The van der Waals surface area contributed by atoms with Crippen molar-refractivity contribution in [2.24, 2.45) is 0 Å². The van der Waals surface area contributed by atoms with E-state index in [0.717, 1.165) is 5.57 Å². The number of hydrogen-bond donors (Lipinski definition) is 0. The quantitative estimate of drug-likeness (QED) is 0.535. The Labute approximate surface area is 68.9 Å². The van der Waals surface area contributed by atoms with E-state index in [1.165, 1.54) is 0 Å². The molecule has 0 aromatic rings. The first kappa shape index (κ1) is 12.2. The zero-order valence-electron chi connectivity index (χ0n) is 6.95. The predicted octanol–water partition coefficient (Wildman–Crippen LogP) is 3.90. The first-order valence-electron chi connectivity index (χ1n) is 3.31. The summed E-state index contributed by atoms with van der Waals surface area (Å²) >= 11 is 5.40. The highest BCUT2D eigenvalue weighted by Crippen LogP contribution is 2.00. The molecule has 0 aromatic heterocycles. The van der Waals surface area contributed by atoms with E-state index in [1.807, 2.05) is 26.8 Å². The standard InChI is InChI=1S/C7H9Cl.C2H6/c1-6(2)4-5-7(3)8;1-2/h4-5H,1,3H2,2H3;1-2H3/b5-4-;. The molecule has 0 spiro atoms. The van der Waals surface area contributed by atoms with E-state index in [9.17, 15) is 0 Å². The molecule has 0 unspecified atom stereocenters. The number of hydrogen-bond acceptors (Lipinski definition) is 0. The summed E-state index contributed by atoms with van der Waals surface area (Å²) in [7, 11) is 0. The molecule has 1 heteroatoms. The van der Waals surface area contributed by atoms with Crippen molar-refractivity contribution in [1.29, 1.82) is 0 Å². The van der Waals surface area contributed by atoms with E-state index in [-0.39, 0.29) is 0 Å². The Hall–Kier alpha value is -0.490. The van der Waals surface area contributed by atoms with Crippen molar-refractivity contribution in [2.75, 3.05) is 0 Å². The summed E-state index contributed by atoms with van der Waals surface area (Å²) in [6.07, 6.45) is 3.53. The van der Waals surface area contributed by atoms with Gasteiger partial charge in [0.05, 0.1) is 0 Å². The lowest BCUT2D eigenvalue weighted by atomic mass is 10.3. The fourth-order valence-corrected chi connectivity index (χ4v) is 0.296. The summed E-state index contributed by atoms with van der Waals surface area (Å²) in [6.45, 7) is 13.0. The maximum absolute atomic E-state index is 5.40. The normalized spacial score (nSPS) is 8.40. The van der Waals surface area contributed by atoms with Crippen molar-refractivity contribution >= 4 is 11.6 Å². The van der Waals surface area contributed by atoms with Crippen LogP contribution in [0, 0.1) is 0 Å². The van der Waals surface area contributed by atoms with Gasteiger partial charge in [-0.05, 0) is 13.0 Å². The van der Waals surface area contributed by atoms with Gasteiger partial charge >= 0.3 is 0 Å². The number of rotatable bonds is 2. The van der Waals surface area contributed by atoms with Gasteiger partial charge in [-0.2, -0.15) is 0 Å². The highest BCUT2D eigenvalue weighted by atomic mass is 35.5. The molecule has 0 radical (unpaired) electrons. The summed E-state index contributed by atoms with van der Waals surface area (Å²) < 4.78 is 0. The van der Waals surface area contributed by atoms with Gasteiger partial charge in [0.15, 0.2) is 0 Å². The van der Waals surface area contributed by atoms with Crippen molar-refractivity contribution in [1.82, 2.24) is 0 Å². The second-order valence-corrected chi connectivity index (χ2v) is 2.11. The van der Waals surface area contributed by atoms with E-state index in [4.69, 9.17) is 11.6 Å². The fourth-order valence-electron chi connectivity index (χ4n) is 0.233. The Balaban J connectivity index is 0. The molecule has 0 amide bonds. The summed E-state index contributed by atoms with van der Waals surface area (Å²) in [5.41, 5.74) is 0.979. The Kier molecular flexibility index (Phi) is 10.4. The van der Waals surface area contributed by atoms with Crippen LogP contribution in [0.25, 0.3) is 0 Å². The topological polar surface area (TPSA) is 0 Å². The van der Waals surface area contributed by atoms with Crippen LogP contribution in [0.5, 0.6) is 0 Å². The fraction of sp³-hybridized carbons (Fsp3) is 0.333. The van der Waals surface area contributed by atoms with E-state index in [2.05, 4.69) is 13.2 Å². The van der Waals surface area contributed by atoms with Crippen LogP contribution in [0.1, 0.15) is 20.8 Å². The second-order valence-electron chi connectivity index (χ2n) is 1.63. The lowest BCUT2D eigenvalue weighted by Gasteiger charge is -1.82. The van der Waals surface area contributed by atoms with Gasteiger partial charge in [-0.1, -0.05) is 50.3 Å². The van der Waals surface area contributed by atoms with Crippen LogP contribution in [0.3, 0.4) is 0 Å². The van der Waals surface area contributed by atoms with Crippen LogP contribution < -0.4 is 0 Å². The highest BCUT2D eigenvalue weighted by Gasteiger charge is 1.74. The highest BCUT2D eigenvalue weighted by molar-refractivity contribution is 6.30. The first-order chi connectivity index (χ1) is 4.63. The van der Waals surface area contributed by atoms with Gasteiger partial charge in [0.2, 0.25) is 0 Å². The second kappa shape index (κ2) is 8.51. The van der Waals surface area contributed by atoms with Crippen LogP contribution in [0.15, 0.2) is 35.9 Å². The Morgan fingerprint density at radius 3 is 1.70 bits per heavy atom. The SMILES string of the molecule is C=C(C)/C=C\C(=C)Cl.CC. The predicted molar refractivity (Wildman–Crippen MR) is 50.3 cm³/mol. The van der Waals surface area contributed by atoms with Crippen molar-refractivity contribution in [3.63, 3.8) is 0 Å². The Bertz CT molecular complexity index is 116. The molecule has 0 aromatic carbocycles. The number of halogens is 1. The molecule has 0 saturated heterocycles. The molecule has 58 valence electrons. The van der Waals surface area contributed by atoms with Gasteiger partial charge in [-0.25, -0.2) is 0 Å². The largest absolute Gasteiger partial charge is 0.0961 e. The molecule has 0 aliphatic carbocycles. The molecule has 0 N–H and O–H groups in total. The van der Waals surface area contributed by atoms with Crippen molar-refractivity contribution in [3.05, 3.63) is 35.9 Å². The Morgan fingerprint density at radius 1 is 1.20 bits per heavy atom. The lowest BCUT2D eigenvalue weighted by molar-refractivity contribution is 1.50. The van der Waals surface area contributed by atoms with Crippen molar-refractivity contribution < 1.29 is 0 Å². The van der Waals surface area contributed by atoms with E-state index < -0.39 is 0 Å². The zero-order chi connectivity index (χ0) is 8.57. The molecule has 0 saturated carbocycles. The minimum atomic E-state index is 0.535. The monoisotopic (exact) mass is 158 g/mol. The van der Waals surface area contributed by atoms with E-state index in [0.29, 0.717) is 5.03 Å². The third-order valence-corrected chi connectivity index (χ3v) is 0.675. The molecule has 10 heavy (non-hydrogen) atoms. The van der Waals surface area contributed by atoms with Crippen LogP contribution >= 0.6 is 11.6 Å². The minimum absolute atomic E-state index is 0.535. The molecule has 0 bridgehead atoms. The maximum Gasteiger partial charge on any atom is 0.0334 e. The van der Waals surface area contributed by atoms with Gasteiger partial charge in [-0.3, -0.25) is 0 Å². The number of allylic oxidation sites excluding steroid dienone is 4. The molecule has 0 nitrogen and oxygen atoms in total. The van der Waals surface area contributed by atoms with Crippen LogP contribution in [0.2, 0.25) is 0 Å². The van der Waals surface area contributed by atoms with Crippen LogP contribution in [-0.4, -0.2) is 0 Å². The summed E-state index contributed by atoms with van der Waals surface area (Å²) in [4.78, 5) is 0. The van der Waals surface area contributed by atoms with Gasteiger partial charge in [0, 0.05) is 5.03 Å². The van der Waals surface area contributed by atoms with Gasteiger partial charge < -0.3 is 0 Å². The minimum Gasteiger partial charge on any atom is -0.0961 e. The van der Waals surface area contributed by atoms with E-state index in [1.54, 1.807) is 6.08 Å². The average Bonchev–Trinajstić information content (AvgIpc) is 1.89. The van der Waals surface area contributed by atoms with Crippen molar-refractivity contribution in [3.8, 4) is 0 Å². The molecule has 0 rings (SSSR count). The van der Waals surface area contributed by atoms with E-state index >= 15 is 0 Å². The average molecular weight is 159 g/mol. The first-order valence-corrected chi connectivity index (χ1v) is 3.68. The van der Waals surface area contributed by atoms with Gasteiger partial charge in [0.25, 0.3) is 0 Å². The summed E-state index contributed by atoms with van der Waals surface area (Å²) in [5, 5.41) is 0.535. The van der Waals surface area contributed by atoms with Crippen LogP contribution in [0.4, 0.5) is 0 Å². The molecular formula is C9H15Cl. The Morgan fingerprint density at radius 2 is 1.60 bits per heavy atom. The summed E-state index contributed by atoms with van der Waals surface area (Å²) in [5.74, 6) is 0. The van der Waals surface area contributed by atoms with Gasteiger partial charge in [0.1, 0.15) is 0 Å². The van der Waals surface area contributed by atoms with Crippen molar-refractivity contribution in [2.45, 2.75) is 20.8 Å². The molecule has 0 heterocycles. The zero-order valence-corrected chi connectivity index (χ0v) is 7.70. The third-order valence-electron chi connectivity index (χ3n) is 0.549. The smallest absolute Gasteiger partial charge is 0.0334 e. The molecule has 0 aliphatic rings. The molecule has 0 atom stereocenters. The maximum atomic E-state index is 5.40. The molecule has 0 aliphatic heterocycles. The molecule has 0 fully saturated rings. The van der Waals surface area contributed by atoms with Gasteiger partial charge in [-0.15, -0.1) is 0 Å². The molecular weight excluding hydrogens is 144 g/mol.